The molecule has 0 saturated carbocycles. The van der Waals surface area contributed by atoms with Crippen LogP contribution in [0.5, 0.6) is 0 Å². The number of rotatable bonds is 6. The molecule has 0 unspecified atom stereocenters. The highest BCUT2D eigenvalue weighted by Crippen LogP contribution is 2.29. The van der Waals surface area contributed by atoms with E-state index in [1.54, 1.807) is 0 Å². The first-order valence-electron chi connectivity index (χ1n) is 10.2. The van der Waals surface area contributed by atoms with E-state index in [1.807, 2.05) is 73.0 Å². The Bertz CT molecular complexity index is 1250. The van der Waals surface area contributed by atoms with Crippen LogP contribution in [0.2, 0.25) is 0 Å². The lowest BCUT2D eigenvalue weighted by Gasteiger charge is -2.13. The summed E-state index contributed by atoms with van der Waals surface area (Å²) < 4.78 is 3.01. The van der Waals surface area contributed by atoms with Gasteiger partial charge in [0, 0.05) is 21.4 Å². The summed E-state index contributed by atoms with van der Waals surface area (Å²) in [5.41, 5.74) is 5.97. The molecule has 3 aromatic carbocycles. The fourth-order valence-electron chi connectivity index (χ4n) is 3.55. The van der Waals surface area contributed by atoms with Crippen LogP contribution in [0.15, 0.2) is 76.4 Å². The molecule has 1 aromatic heterocycles. The number of carbonyl (C=O) groups is 1. The summed E-state index contributed by atoms with van der Waals surface area (Å²) in [5.74, 6) is 0.899. The number of halogens is 1. The van der Waals surface area contributed by atoms with Gasteiger partial charge in [-0.1, -0.05) is 70.2 Å². The topological polar surface area (TPSA) is 59.8 Å². The van der Waals surface area contributed by atoms with Crippen molar-refractivity contribution in [1.82, 2.24) is 14.8 Å². The third kappa shape index (κ3) is 4.95. The first-order chi connectivity index (χ1) is 15.4. The van der Waals surface area contributed by atoms with Crippen LogP contribution in [0.4, 0.5) is 5.69 Å². The van der Waals surface area contributed by atoms with E-state index in [1.165, 1.54) is 11.8 Å². The van der Waals surface area contributed by atoms with Crippen molar-refractivity contribution in [1.29, 1.82) is 0 Å². The van der Waals surface area contributed by atoms with Gasteiger partial charge in [-0.2, -0.15) is 0 Å². The first-order valence-corrected chi connectivity index (χ1v) is 12.0. The maximum absolute atomic E-state index is 12.8. The van der Waals surface area contributed by atoms with Gasteiger partial charge in [-0.25, -0.2) is 0 Å². The summed E-state index contributed by atoms with van der Waals surface area (Å²) in [6.45, 7) is 6.03. The second kappa shape index (κ2) is 9.71. The van der Waals surface area contributed by atoms with E-state index in [9.17, 15) is 4.79 Å². The van der Waals surface area contributed by atoms with Crippen molar-refractivity contribution >= 4 is 39.3 Å². The number of amides is 1. The second-order valence-electron chi connectivity index (χ2n) is 7.60. The van der Waals surface area contributed by atoms with Crippen molar-refractivity contribution in [2.45, 2.75) is 25.9 Å². The van der Waals surface area contributed by atoms with E-state index in [0.717, 1.165) is 43.9 Å². The number of aryl methyl sites for hydroxylation is 3. The van der Waals surface area contributed by atoms with Gasteiger partial charge in [0.25, 0.3) is 0 Å². The number of aromatic nitrogens is 3. The lowest BCUT2D eigenvalue weighted by molar-refractivity contribution is -0.113. The molecule has 0 aliphatic rings. The van der Waals surface area contributed by atoms with Crippen LogP contribution < -0.4 is 5.32 Å². The smallest absolute Gasteiger partial charge is 0.234 e. The lowest BCUT2D eigenvalue weighted by Crippen LogP contribution is -2.16. The maximum atomic E-state index is 12.8. The lowest BCUT2D eigenvalue weighted by atomic mass is 10.1. The summed E-state index contributed by atoms with van der Waals surface area (Å²) in [6, 6.07) is 22.1. The minimum absolute atomic E-state index is 0.0800. The van der Waals surface area contributed by atoms with Crippen LogP contribution in [0.3, 0.4) is 0 Å². The van der Waals surface area contributed by atoms with E-state index in [-0.39, 0.29) is 11.7 Å². The van der Waals surface area contributed by atoms with Crippen molar-refractivity contribution in [2.24, 2.45) is 0 Å². The molecule has 0 atom stereocenters. The van der Waals surface area contributed by atoms with E-state index < -0.39 is 0 Å². The van der Waals surface area contributed by atoms with E-state index >= 15 is 0 Å². The van der Waals surface area contributed by atoms with Crippen LogP contribution in [0.1, 0.15) is 16.7 Å². The highest BCUT2D eigenvalue weighted by molar-refractivity contribution is 9.10. The van der Waals surface area contributed by atoms with Gasteiger partial charge in [-0.05, 0) is 61.7 Å². The highest BCUT2D eigenvalue weighted by Gasteiger charge is 2.18. The fourth-order valence-corrected chi connectivity index (χ4v) is 4.99. The number of carbonyl (C=O) groups excluding carboxylic acids is 1. The summed E-state index contributed by atoms with van der Waals surface area (Å²) in [5, 5.41) is 12.6. The monoisotopic (exact) mass is 506 g/mol. The molecule has 0 fully saturated rings. The van der Waals surface area contributed by atoms with Gasteiger partial charge in [0.05, 0.1) is 5.75 Å². The van der Waals surface area contributed by atoms with Gasteiger partial charge >= 0.3 is 0 Å². The Labute approximate surface area is 200 Å². The van der Waals surface area contributed by atoms with Crippen LogP contribution in [-0.2, 0) is 4.79 Å². The zero-order valence-corrected chi connectivity index (χ0v) is 20.5. The Morgan fingerprint density at radius 1 is 0.969 bits per heavy atom. The molecule has 0 bridgehead atoms. The highest BCUT2D eigenvalue weighted by atomic mass is 79.9. The minimum atomic E-state index is -0.0800. The number of thioether (sulfide) groups is 1. The maximum Gasteiger partial charge on any atom is 0.234 e. The Balaban J connectivity index is 1.60. The molecule has 4 aromatic rings. The molecule has 0 aliphatic carbocycles. The molecule has 0 aliphatic heterocycles. The number of hydrogen-bond acceptors (Lipinski definition) is 4. The van der Waals surface area contributed by atoms with Crippen molar-refractivity contribution < 1.29 is 4.79 Å². The van der Waals surface area contributed by atoms with Crippen molar-refractivity contribution in [3.8, 4) is 17.1 Å². The molecular weight excluding hydrogens is 484 g/mol. The normalized spacial score (nSPS) is 10.9. The predicted molar refractivity (Wildman–Crippen MR) is 135 cm³/mol. The Morgan fingerprint density at radius 2 is 1.69 bits per heavy atom. The molecule has 1 heterocycles. The SMILES string of the molecule is Cc1cccc(-n2c(SCC(=O)Nc3c(C)cc(Br)cc3C)nnc2-c2ccccc2)c1. The Hall–Kier alpha value is -2.90. The number of nitrogens with zero attached hydrogens (tertiary/aromatic N) is 3. The van der Waals surface area contributed by atoms with E-state index in [0.29, 0.717) is 5.16 Å². The van der Waals surface area contributed by atoms with Crippen LogP contribution in [0.25, 0.3) is 17.1 Å². The van der Waals surface area contributed by atoms with Crippen molar-refractivity contribution in [3.63, 3.8) is 0 Å². The molecule has 5 nitrogen and oxygen atoms in total. The van der Waals surface area contributed by atoms with Gasteiger partial charge in [-0.3, -0.25) is 9.36 Å². The third-order valence-electron chi connectivity index (χ3n) is 5.02. The summed E-state index contributed by atoms with van der Waals surface area (Å²) in [4.78, 5) is 12.8. The van der Waals surface area contributed by atoms with Crippen molar-refractivity contribution in [2.75, 3.05) is 11.1 Å². The van der Waals surface area contributed by atoms with Crippen LogP contribution >= 0.6 is 27.7 Å². The zero-order valence-electron chi connectivity index (χ0n) is 18.1. The largest absolute Gasteiger partial charge is 0.325 e. The quantitative estimate of drug-likeness (QED) is 0.309. The molecule has 0 spiro atoms. The molecule has 0 radical (unpaired) electrons. The van der Waals surface area contributed by atoms with E-state index in [2.05, 4.69) is 50.5 Å². The Morgan fingerprint density at radius 3 is 2.38 bits per heavy atom. The summed E-state index contributed by atoms with van der Waals surface area (Å²) >= 11 is 4.87. The summed E-state index contributed by atoms with van der Waals surface area (Å²) in [7, 11) is 0. The van der Waals surface area contributed by atoms with Crippen LogP contribution in [-0.4, -0.2) is 26.4 Å². The molecule has 32 heavy (non-hydrogen) atoms. The molecule has 1 N–H and O–H groups in total. The molecular formula is C25H23BrN4OS. The Kier molecular flexibility index (Phi) is 6.77. The molecule has 1 amide bonds. The minimum Gasteiger partial charge on any atom is -0.325 e. The summed E-state index contributed by atoms with van der Waals surface area (Å²) in [6.07, 6.45) is 0. The standard InChI is InChI=1S/C25H23BrN4OS/c1-16-8-7-11-21(12-16)30-24(19-9-5-4-6-10-19)28-29-25(30)32-15-22(31)27-23-17(2)13-20(26)14-18(23)3/h4-14H,15H2,1-3H3,(H,27,31). The first kappa shape index (κ1) is 22.3. The van der Waals surface area contributed by atoms with E-state index in [4.69, 9.17) is 0 Å². The number of benzene rings is 3. The number of anilines is 1. The average molecular weight is 507 g/mol. The van der Waals surface area contributed by atoms with Crippen LogP contribution in [0, 0.1) is 20.8 Å². The molecule has 7 heteroatoms. The van der Waals surface area contributed by atoms with Gasteiger partial charge in [0.1, 0.15) is 0 Å². The zero-order chi connectivity index (χ0) is 22.7. The van der Waals surface area contributed by atoms with Crippen molar-refractivity contribution in [3.05, 3.63) is 87.9 Å². The molecule has 4 rings (SSSR count). The third-order valence-corrected chi connectivity index (χ3v) is 6.41. The van der Waals surface area contributed by atoms with Gasteiger partial charge < -0.3 is 5.32 Å². The second-order valence-corrected chi connectivity index (χ2v) is 9.46. The van der Waals surface area contributed by atoms with Gasteiger partial charge in [0.2, 0.25) is 5.91 Å². The molecule has 162 valence electrons. The number of hydrogen-bond donors (Lipinski definition) is 1. The predicted octanol–water partition coefficient (Wildman–Crippen LogP) is 6.35. The molecule has 0 saturated heterocycles. The van der Waals surface area contributed by atoms with Gasteiger partial charge in [0.15, 0.2) is 11.0 Å². The average Bonchev–Trinajstić information content (AvgIpc) is 3.19. The fraction of sp³-hybridized carbons (Fsp3) is 0.160. The van der Waals surface area contributed by atoms with Gasteiger partial charge in [-0.15, -0.1) is 10.2 Å². The number of nitrogens with one attached hydrogen (secondary N) is 1.